The number of aryl methyl sites for hydroxylation is 3. The predicted octanol–water partition coefficient (Wildman–Crippen LogP) is 5.13. The summed E-state index contributed by atoms with van der Waals surface area (Å²) in [6.45, 7) is 2.07. The van der Waals surface area contributed by atoms with Crippen LogP contribution in [-0.2, 0) is 13.5 Å². The zero-order valence-electron chi connectivity index (χ0n) is 13.7. The van der Waals surface area contributed by atoms with Crippen molar-refractivity contribution in [1.82, 2.24) is 0 Å². The molecule has 0 aliphatic rings. The van der Waals surface area contributed by atoms with E-state index in [2.05, 4.69) is 23.6 Å². The summed E-state index contributed by atoms with van der Waals surface area (Å²) in [6, 6.07) is 17.7. The number of halogens is 3. The van der Waals surface area contributed by atoms with E-state index in [1.165, 1.54) is 5.56 Å². The molecule has 124 valence electrons. The first-order valence-corrected chi connectivity index (χ1v) is 7.89. The fourth-order valence-electron chi connectivity index (χ4n) is 3.03. The van der Waals surface area contributed by atoms with E-state index in [0.717, 1.165) is 22.2 Å². The topological polar surface area (TPSA) is 3.88 Å². The van der Waals surface area contributed by atoms with Gasteiger partial charge in [0, 0.05) is 29.5 Å². The van der Waals surface area contributed by atoms with Crippen LogP contribution in [0.15, 0.2) is 54.6 Å². The summed E-state index contributed by atoms with van der Waals surface area (Å²) in [5, 5.41) is 0.953. The molecule has 0 bridgehead atoms. The predicted molar refractivity (Wildman–Crippen MR) is 89.7 cm³/mol. The highest BCUT2D eigenvalue weighted by Crippen LogP contribution is 2.25. The molecule has 0 N–H and O–H groups in total. The molecule has 0 spiro atoms. The maximum Gasteiger partial charge on any atom is 0.389 e. The first-order chi connectivity index (χ1) is 11.3. The van der Waals surface area contributed by atoms with Crippen LogP contribution < -0.4 is 4.57 Å². The third-order valence-corrected chi connectivity index (χ3v) is 4.35. The fourth-order valence-corrected chi connectivity index (χ4v) is 3.03. The number of hydrogen-bond donors (Lipinski definition) is 0. The highest BCUT2D eigenvalue weighted by atomic mass is 19.4. The number of hydrogen-bond acceptors (Lipinski definition) is 0. The Morgan fingerprint density at radius 3 is 2.42 bits per heavy atom. The van der Waals surface area contributed by atoms with Crippen molar-refractivity contribution in [3.8, 4) is 11.3 Å². The van der Waals surface area contributed by atoms with E-state index in [9.17, 15) is 13.2 Å². The van der Waals surface area contributed by atoms with Crippen LogP contribution in [0, 0.1) is 6.92 Å². The molecule has 0 saturated heterocycles. The lowest BCUT2D eigenvalue weighted by Crippen LogP contribution is -2.32. The number of alkyl halides is 3. The Balaban J connectivity index is 2.00. The van der Waals surface area contributed by atoms with E-state index < -0.39 is 12.6 Å². The van der Waals surface area contributed by atoms with Gasteiger partial charge >= 0.3 is 6.18 Å². The van der Waals surface area contributed by atoms with Crippen molar-refractivity contribution < 1.29 is 17.7 Å². The number of aromatic nitrogens is 1. The number of benzene rings is 2. The summed E-state index contributed by atoms with van der Waals surface area (Å²) in [5.74, 6) is 0. The molecule has 4 heteroatoms. The molecule has 0 amide bonds. The molecule has 0 unspecified atom stereocenters. The Hall–Kier alpha value is -2.36. The van der Waals surface area contributed by atoms with Crippen molar-refractivity contribution in [2.24, 2.45) is 7.05 Å². The average molecular weight is 330 g/mol. The van der Waals surface area contributed by atoms with Gasteiger partial charge in [0.25, 0.3) is 0 Å². The molecule has 1 heterocycles. The zero-order chi connectivity index (χ0) is 17.3. The van der Waals surface area contributed by atoms with Crippen LogP contribution in [-0.4, -0.2) is 6.18 Å². The second kappa shape index (κ2) is 6.27. The summed E-state index contributed by atoms with van der Waals surface area (Å²) in [6.07, 6.45) is -4.89. The van der Waals surface area contributed by atoms with Gasteiger partial charge < -0.3 is 0 Å². The van der Waals surface area contributed by atoms with Gasteiger partial charge in [-0.2, -0.15) is 17.7 Å². The van der Waals surface area contributed by atoms with E-state index >= 15 is 0 Å². The van der Waals surface area contributed by atoms with Gasteiger partial charge in [0.1, 0.15) is 7.05 Å². The second-order valence-electron chi connectivity index (χ2n) is 6.10. The first kappa shape index (κ1) is 16.5. The molecule has 24 heavy (non-hydrogen) atoms. The van der Waals surface area contributed by atoms with Gasteiger partial charge in [-0.25, -0.2) is 0 Å². The van der Waals surface area contributed by atoms with E-state index in [1.807, 2.05) is 43.4 Å². The van der Waals surface area contributed by atoms with Crippen molar-refractivity contribution in [1.29, 1.82) is 0 Å². The number of fused-ring (bicyclic) bond motifs is 1. The molecule has 3 aromatic rings. The minimum Gasteiger partial charge on any atom is -0.194 e. The molecule has 0 radical (unpaired) electrons. The largest absolute Gasteiger partial charge is 0.389 e. The quantitative estimate of drug-likeness (QED) is 0.586. The Labute approximate surface area is 139 Å². The van der Waals surface area contributed by atoms with Gasteiger partial charge in [0.15, 0.2) is 0 Å². The summed E-state index contributed by atoms with van der Waals surface area (Å²) in [4.78, 5) is 0. The highest BCUT2D eigenvalue weighted by Gasteiger charge is 2.26. The standard InChI is InChI=1S/C20H19F3N/c1-14-5-3-4-6-17(14)19-10-8-16-13-15(11-12-20(21,22)23)7-9-18(16)24(19)2/h3-10,13H,11-12H2,1-2H3/q+1. The summed E-state index contributed by atoms with van der Waals surface area (Å²) < 4.78 is 39.3. The van der Waals surface area contributed by atoms with Gasteiger partial charge in [0.05, 0.1) is 0 Å². The van der Waals surface area contributed by atoms with Crippen molar-refractivity contribution >= 4 is 10.9 Å². The Bertz CT molecular complexity index is 882. The normalized spacial score (nSPS) is 11.9. The van der Waals surface area contributed by atoms with Crippen molar-refractivity contribution in [2.75, 3.05) is 0 Å². The van der Waals surface area contributed by atoms with E-state index in [-0.39, 0.29) is 6.42 Å². The number of pyridine rings is 1. The summed E-state index contributed by atoms with van der Waals surface area (Å²) in [7, 11) is 1.99. The van der Waals surface area contributed by atoms with Crippen LogP contribution in [0.5, 0.6) is 0 Å². The van der Waals surface area contributed by atoms with Crippen LogP contribution in [0.4, 0.5) is 13.2 Å². The molecule has 0 fully saturated rings. The second-order valence-corrected chi connectivity index (χ2v) is 6.10. The van der Waals surface area contributed by atoms with Crippen molar-refractivity contribution in [3.05, 3.63) is 65.7 Å². The van der Waals surface area contributed by atoms with Crippen LogP contribution in [0.3, 0.4) is 0 Å². The van der Waals surface area contributed by atoms with Gasteiger partial charge in [-0.1, -0.05) is 24.3 Å². The molecule has 3 rings (SSSR count). The SMILES string of the molecule is Cc1ccccc1-c1ccc2cc(CCC(F)(F)F)ccc2[n+]1C. The van der Waals surface area contributed by atoms with Gasteiger partial charge in [-0.15, -0.1) is 0 Å². The average Bonchev–Trinajstić information content (AvgIpc) is 2.53. The first-order valence-electron chi connectivity index (χ1n) is 7.89. The smallest absolute Gasteiger partial charge is 0.194 e. The van der Waals surface area contributed by atoms with E-state index in [4.69, 9.17) is 0 Å². The molecule has 1 nitrogen and oxygen atoms in total. The molecule has 0 saturated carbocycles. The Kier molecular flexibility index (Phi) is 4.31. The lowest BCUT2D eigenvalue weighted by Gasteiger charge is -2.08. The van der Waals surface area contributed by atoms with Gasteiger partial charge in [0.2, 0.25) is 11.2 Å². The third-order valence-electron chi connectivity index (χ3n) is 4.35. The number of rotatable bonds is 3. The fraction of sp³-hybridized carbons (Fsp3) is 0.250. The monoisotopic (exact) mass is 330 g/mol. The number of nitrogens with zero attached hydrogens (tertiary/aromatic N) is 1. The maximum absolute atomic E-state index is 12.4. The Morgan fingerprint density at radius 1 is 0.958 bits per heavy atom. The van der Waals surface area contributed by atoms with E-state index in [0.29, 0.717) is 5.56 Å². The Morgan fingerprint density at radius 2 is 1.71 bits per heavy atom. The van der Waals surface area contributed by atoms with Gasteiger partial charge in [-0.05, 0) is 42.7 Å². The minimum absolute atomic E-state index is 0.0166. The summed E-state index contributed by atoms with van der Waals surface area (Å²) >= 11 is 0. The lowest BCUT2D eigenvalue weighted by molar-refractivity contribution is -0.633. The molecule has 0 aliphatic carbocycles. The van der Waals surface area contributed by atoms with Crippen LogP contribution in [0.1, 0.15) is 17.5 Å². The maximum atomic E-state index is 12.4. The van der Waals surface area contributed by atoms with Crippen LogP contribution in [0.2, 0.25) is 0 Å². The molecule has 0 atom stereocenters. The van der Waals surface area contributed by atoms with Gasteiger partial charge in [-0.3, -0.25) is 0 Å². The molecular weight excluding hydrogens is 311 g/mol. The van der Waals surface area contributed by atoms with Crippen LogP contribution >= 0.6 is 0 Å². The molecule has 0 aliphatic heterocycles. The third kappa shape index (κ3) is 3.42. The van der Waals surface area contributed by atoms with Crippen molar-refractivity contribution in [3.63, 3.8) is 0 Å². The summed E-state index contributed by atoms with van der Waals surface area (Å²) in [5.41, 5.74) is 5.15. The van der Waals surface area contributed by atoms with Crippen LogP contribution in [0.25, 0.3) is 22.2 Å². The molecule has 2 aromatic carbocycles. The molecular formula is C20H19F3N+. The highest BCUT2D eigenvalue weighted by molar-refractivity contribution is 5.78. The van der Waals surface area contributed by atoms with Crippen molar-refractivity contribution in [2.45, 2.75) is 25.9 Å². The van der Waals surface area contributed by atoms with E-state index in [1.54, 1.807) is 6.07 Å². The molecule has 1 aromatic heterocycles. The zero-order valence-corrected chi connectivity index (χ0v) is 13.7. The lowest BCUT2D eigenvalue weighted by atomic mass is 10.0. The minimum atomic E-state index is -4.12.